The highest BCUT2D eigenvalue weighted by molar-refractivity contribution is 5.76. The first-order chi connectivity index (χ1) is 18.1. The molecule has 1 aliphatic rings. The molecule has 5 rings (SSSR count). The Bertz CT molecular complexity index is 1260. The maximum absolute atomic E-state index is 12.1. The van der Waals surface area contributed by atoms with Crippen LogP contribution in [0.15, 0.2) is 84.9 Å². The van der Waals surface area contributed by atoms with Gasteiger partial charge in [0.05, 0.1) is 11.0 Å². The topological polar surface area (TPSA) is 61.6 Å². The SMILES string of the molecule is Cc1nc2ccccc2n1C1CCN(C(=O)O)[C@@H](CCCN(Cc2ccccc2)Cc2ccccc2)C1. The predicted molar refractivity (Wildman–Crippen MR) is 147 cm³/mol. The lowest BCUT2D eigenvalue weighted by Crippen LogP contribution is -2.46. The lowest BCUT2D eigenvalue weighted by Gasteiger charge is -2.39. The number of benzene rings is 3. The van der Waals surface area contributed by atoms with E-state index in [-0.39, 0.29) is 12.1 Å². The molecule has 0 aliphatic carbocycles. The summed E-state index contributed by atoms with van der Waals surface area (Å²) in [6.07, 6.45) is 2.64. The van der Waals surface area contributed by atoms with Gasteiger partial charge < -0.3 is 14.6 Å². The molecule has 2 atom stereocenters. The van der Waals surface area contributed by atoms with Crippen molar-refractivity contribution in [3.63, 3.8) is 0 Å². The first-order valence-corrected chi connectivity index (χ1v) is 13.3. The number of carboxylic acid groups (broad SMARTS) is 1. The van der Waals surface area contributed by atoms with Gasteiger partial charge in [0.15, 0.2) is 0 Å². The summed E-state index contributed by atoms with van der Waals surface area (Å²) in [7, 11) is 0. The Morgan fingerprint density at radius 1 is 0.946 bits per heavy atom. The number of hydrogen-bond acceptors (Lipinski definition) is 3. The van der Waals surface area contributed by atoms with Crippen LogP contribution < -0.4 is 0 Å². The number of rotatable bonds is 9. The van der Waals surface area contributed by atoms with Gasteiger partial charge in [-0.05, 0) is 62.4 Å². The molecule has 1 aliphatic heterocycles. The minimum atomic E-state index is -0.805. The molecular weight excluding hydrogens is 460 g/mol. The van der Waals surface area contributed by atoms with E-state index < -0.39 is 6.09 Å². The molecule has 1 aromatic heterocycles. The van der Waals surface area contributed by atoms with E-state index in [0.29, 0.717) is 6.54 Å². The number of hydrogen-bond donors (Lipinski definition) is 1. The molecule has 1 unspecified atom stereocenters. The Labute approximate surface area is 219 Å². The third-order valence-corrected chi connectivity index (χ3v) is 7.58. The summed E-state index contributed by atoms with van der Waals surface area (Å²) in [5.41, 5.74) is 4.75. The van der Waals surface area contributed by atoms with Crippen molar-refractivity contribution in [2.45, 2.75) is 57.8 Å². The average Bonchev–Trinajstić information content (AvgIpc) is 3.25. The number of aryl methyl sites for hydroxylation is 1. The predicted octanol–water partition coefficient (Wildman–Crippen LogP) is 6.51. The monoisotopic (exact) mass is 496 g/mol. The van der Waals surface area contributed by atoms with Crippen molar-refractivity contribution in [1.29, 1.82) is 0 Å². The second-order valence-corrected chi connectivity index (χ2v) is 10.1. The molecule has 0 spiro atoms. The Hall–Kier alpha value is -3.64. The lowest BCUT2D eigenvalue weighted by atomic mass is 9.93. The Morgan fingerprint density at radius 2 is 1.57 bits per heavy atom. The van der Waals surface area contributed by atoms with Crippen LogP contribution >= 0.6 is 0 Å². The molecule has 0 saturated carbocycles. The van der Waals surface area contributed by atoms with Gasteiger partial charge in [0.25, 0.3) is 0 Å². The molecule has 1 amide bonds. The molecule has 6 nitrogen and oxygen atoms in total. The normalized spacial score (nSPS) is 17.9. The molecule has 4 aromatic rings. The Balaban J connectivity index is 1.28. The van der Waals surface area contributed by atoms with Crippen molar-refractivity contribution in [3.05, 3.63) is 102 Å². The van der Waals surface area contributed by atoms with Gasteiger partial charge in [-0.1, -0.05) is 72.8 Å². The van der Waals surface area contributed by atoms with Gasteiger partial charge in [-0.15, -0.1) is 0 Å². The summed E-state index contributed by atoms with van der Waals surface area (Å²) in [6.45, 7) is 5.31. The number of imidazole rings is 1. The molecule has 3 aromatic carbocycles. The quantitative estimate of drug-likeness (QED) is 0.287. The first-order valence-electron chi connectivity index (χ1n) is 13.3. The van der Waals surface area contributed by atoms with E-state index in [0.717, 1.165) is 62.2 Å². The highest BCUT2D eigenvalue weighted by atomic mass is 16.4. The summed E-state index contributed by atoms with van der Waals surface area (Å²) >= 11 is 0. The van der Waals surface area contributed by atoms with Crippen LogP contribution in [-0.2, 0) is 13.1 Å². The summed E-state index contributed by atoms with van der Waals surface area (Å²) < 4.78 is 2.33. The van der Waals surface area contributed by atoms with Crippen molar-refractivity contribution < 1.29 is 9.90 Å². The van der Waals surface area contributed by atoms with Crippen molar-refractivity contribution in [2.75, 3.05) is 13.1 Å². The summed E-state index contributed by atoms with van der Waals surface area (Å²) in [5.74, 6) is 1.01. The van der Waals surface area contributed by atoms with Gasteiger partial charge >= 0.3 is 6.09 Å². The number of piperidine rings is 1. The third-order valence-electron chi connectivity index (χ3n) is 7.58. The molecule has 0 radical (unpaired) electrons. The summed E-state index contributed by atoms with van der Waals surface area (Å²) in [6, 6.07) is 29.7. The van der Waals surface area contributed by atoms with Crippen molar-refractivity contribution in [3.8, 4) is 0 Å². The Kier molecular flexibility index (Phi) is 7.85. The maximum atomic E-state index is 12.1. The fourth-order valence-corrected chi connectivity index (χ4v) is 5.86. The molecule has 192 valence electrons. The van der Waals surface area contributed by atoms with E-state index in [2.05, 4.69) is 95.3 Å². The van der Waals surface area contributed by atoms with Gasteiger partial charge in [0, 0.05) is 31.7 Å². The zero-order chi connectivity index (χ0) is 25.6. The Morgan fingerprint density at radius 3 is 2.22 bits per heavy atom. The molecule has 0 bridgehead atoms. The van der Waals surface area contributed by atoms with E-state index in [4.69, 9.17) is 4.98 Å². The van der Waals surface area contributed by atoms with Gasteiger partial charge in [0.1, 0.15) is 5.82 Å². The lowest BCUT2D eigenvalue weighted by molar-refractivity contribution is 0.0855. The van der Waals surface area contributed by atoms with Crippen LogP contribution in [0, 0.1) is 6.92 Å². The molecule has 37 heavy (non-hydrogen) atoms. The fraction of sp³-hybridized carbons (Fsp3) is 0.355. The van der Waals surface area contributed by atoms with Gasteiger partial charge in [-0.25, -0.2) is 9.78 Å². The summed E-state index contributed by atoms with van der Waals surface area (Å²) in [5, 5.41) is 9.95. The zero-order valence-corrected chi connectivity index (χ0v) is 21.5. The second-order valence-electron chi connectivity index (χ2n) is 10.1. The third kappa shape index (κ3) is 6.03. The molecule has 1 N–H and O–H groups in total. The van der Waals surface area contributed by atoms with Crippen molar-refractivity contribution >= 4 is 17.1 Å². The number of para-hydroxylation sites is 2. The molecule has 1 fully saturated rings. The van der Waals surface area contributed by atoms with Crippen LogP contribution in [0.25, 0.3) is 11.0 Å². The zero-order valence-electron chi connectivity index (χ0n) is 21.5. The molecule has 6 heteroatoms. The van der Waals surface area contributed by atoms with E-state index in [1.54, 1.807) is 4.90 Å². The smallest absolute Gasteiger partial charge is 0.407 e. The number of fused-ring (bicyclic) bond motifs is 1. The number of aromatic nitrogens is 2. The minimum absolute atomic E-state index is 0.00659. The van der Waals surface area contributed by atoms with Crippen LogP contribution in [0.4, 0.5) is 4.79 Å². The fourth-order valence-electron chi connectivity index (χ4n) is 5.86. The highest BCUT2D eigenvalue weighted by Crippen LogP contribution is 2.33. The van der Waals surface area contributed by atoms with E-state index in [1.165, 1.54) is 11.1 Å². The largest absolute Gasteiger partial charge is 0.465 e. The van der Waals surface area contributed by atoms with Gasteiger partial charge in [0.2, 0.25) is 0 Å². The van der Waals surface area contributed by atoms with Gasteiger partial charge in [-0.3, -0.25) is 4.90 Å². The van der Waals surface area contributed by atoms with E-state index in [9.17, 15) is 9.90 Å². The van der Waals surface area contributed by atoms with Gasteiger partial charge in [-0.2, -0.15) is 0 Å². The molecular formula is C31H36N4O2. The maximum Gasteiger partial charge on any atom is 0.407 e. The number of amides is 1. The van der Waals surface area contributed by atoms with Crippen LogP contribution in [0.1, 0.15) is 48.7 Å². The van der Waals surface area contributed by atoms with Crippen LogP contribution in [-0.4, -0.2) is 49.7 Å². The second kappa shape index (κ2) is 11.6. The van der Waals surface area contributed by atoms with Crippen LogP contribution in [0.3, 0.4) is 0 Å². The number of carbonyl (C=O) groups is 1. The standard InChI is InChI=1S/C31H36N4O2/c1-24-32-29-16-8-9-17-30(29)35(24)28-18-20-34(31(36)37)27(21-28)15-10-19-33(22-25-11-4-2-5-12-25)23-26-13-6-3-7-14-26/h2-9,11-14,16-17,27-28H,10,15,18-23H2,1H3,(H,36,37)/t27-,28?/m0/s1. The summed E-state index contributed by atoms with van der Waals surface area (Å²) in [4.78, 5) is 21.0. The average molecular weight is 497 g/mol. The highest BCUT2D eigenvalue weighted by Gasteiger charge is 2.33. The van der Waals surface area contributed by atoms with E-state index >= 15 is 0 Å². The van der Waals surface area contributed by atoms with Crippen molar-refractivity contribution in [1.82, 2.24) is 19.4 Å². The molecule has 1 saturated heterocycles. The number of likely N-dealkylation sites (tertiary alicyclic amines) is 1. The first kappa shape index (κ1) is 25.0. The van der Waals surface area contributed by atoms with E-state index in [1.807, 2.05) is 6.07 Å². The molecule has 2 heterocycles. The van der Waals surface area contributed by atoms with Crippen LogP contribution in [0.5, 0.6) is 0 Å². The van der Waals surface area contributed by atoms with Crippen molar-refractivity contribution in [2.24, 2.45) is 0 Å². The minimum Gasteiger partial charge on any atom is -0.465 e. The van der Waals surface area contributed by atoms with Crippen LogP contribution in [0.2, 0.25) is 0 Å². The number of nitrogens with zero attached hydrogens (tertiary/aromatic N) is 4.